The molecule has 2 aliphatic heterocycles. The van der Waals surface area contributed by atoms with Crippen molar-refractivity contribution >= 4 is 16.8 Å². The highest BCUT2D eigenvalue weighted by atomic mass is 19.1. The van der Waals surface area contributed by atoms with Gasteiger partial charge in [-0.05, 0) is 56.0 Å². The molecule has 182 valence electrons. The highest BCUT2D eigenvalue weighted by Crippen LogP contribution is 2.37. The molecule has 2 aliphatic rings. The lowest BCUT2D eigenvalue weighted by Gasteiger charge is -2.37. The Morgan fingerprint density at radius 3 is 2.77 bits per heavy atom. The molecule has 0 radical (unpaired) electrons. The lowest BCUT2D eigenvalue weighted by Crippen LogP contribution is -2.42. The van der Waals surface area contributed by atoms with Gasteiger partial charge in [0, 0.05) is 31.0 Å². The maximum Gasteiger partial charge on any atom is 0.337 e. The zero-order valence-corrected chi connectivity index (χ0v) is 19.3. The second kappa shape index (κ2) is 9.36. The highest BCUT2D eigenvalue weighted by molar-refractivity contribution is 5.86. The first-order valence-electron chi connectivity index (χ1n) is 11.6. The fourth-order valence-electron chi connectivity index (χ4n) is 5.00. The van der Waals surface area contributed by atoms with Gasteiger partial charge < -0.3 is 18.9 Å². The van der Waals surface area contributed by atoms with Gasteiger partial charge >= 0.3 is 11.6 Å². The molecular weight excluding hydrogens is 455 g/mol. The van der Waals surface area contributed by atoms with Crippen LogP contribution in [0.3, 0.4) is 0 Å². The number of hydrogen-bond acceptors (Lipinski definition) is 8. The van der Waals surface area contributed by atoms with Crippen molar-refractivity contribution in [2.75, 3.05) is 6.61 Å². The fourth-order valence-corrected chi connectivity index (χ4v) is 5.00. The van der Waals surface area contributed by atoms with E-state index < -0.39 is 17.0 Å². The fraction of sp³-hybridized carbons (Fsp3) is 0.360. The van der Waals surface area contributed by atoms with E-state index in [1.807, 2.05) is 6.92 Å². The van der Waals surface area contributed by atoms with Crippen LogP contribution in [0.5, 0.6) is 6.01 Å². The summed E-state index contributed by atoms with van der Waals surface area (Å²) in [4.78, 5) is 39.3. The third-order valence-electron chi connectivity index (χ3n) is 6.38. The molecule has 10 heteroatoms. The quantitative estimate of drug-likeness (QED) is 0.407. The molecule has 2 atom stereocenters. The average Bonchev–Trinajstić information content (AvgIpc) is 3.07. The van der Waals surface area contributed by atoms with Gasteiger partial charge in [-0.2, -0.15) is 4.98 Å². The second-order valence-corrected chi connectivity index (χ2v) is 8.72. The Bertz CT molecular complexity index is 1410. The molecule has 3 aromatic rings. The number of ether oxygens (including phenoxy) is 1. The number of halogens is 1. The molecular formula is C25H25FN4O5. The number of piperidine rings is 1. The summed E-state index contributed by atoms with van der Waals surface area (Å²) in [7, 11) is 0. The van der Waals surface area contributed by atoms with Crippen molar-refractivity contribution in [2.45, 2.75) is 51.1 Å². The van der Waals surface area contributed by atoms with Gasteiger partial charge in [0.1, 0.15) is 11.2 Å². The molecule has 0 aliphatic carbocycles. The number of aromatic amines is 1. The van der Waals surface area contributed by atoms with Crippen molar-refractivity contribution in [1.82, 2.24) is 14.9 Å². The van der Waals surface area contributed by atoms with E-state index in [0.717, 1.165) is 18.6 Å². The maximum absolute atomic E-state index is 13.6. The van der Waals surface area contributed by atoms with Gasteiger partial charge in [-0.15, -0.1) is 0 Å². The lowest BCUT2D eigenvalue weighted by molar-refractivity contribution is 0.0854. The SMILES string of the molecule is C=C(OCC)N1C2CCC1CC(=NOc1nc3oc(=O)cc(Cc4cccc(F)c4)c3c(=O)[nH]1)C2. The van der Waals surface area contributed by atoms with Gasteiger partial charge in [0.05, 0.1) is 12.3 Å². The summed E-state index contributed by atoms with van der Waals surface area (Å²) in [6, 6.07) is 7.46. The first kappa shape index (κ1) is 22.8. The summed E-state index contributed by atoms with van der Waals surface area (Å²) in [5.41, 5.74) is 0.469. The van der Waals surface area contributed by atoms with Crippen LogP contribution in [0.15, 0.2) is 62.0 Å². The molecule has 2 fully saturated rings. The van der Waals surface area contributed by atoms with Crippen LogP contribution in [-0.4, -0.2) is 39.3 Å². The Kier molecular flexibility index (Phi) is 6.10. The van der Waals surface area contributed by atoms with Crippen molar-refractivity contribution in [2.24, 2.45) is 5.16 Å². The van der Waals surface area contributed by atoms with E-state index in [1.165, 1.54) is 18.2 Å². The van der Waals surface area contributed by atoms with Crippen molar-refractivity contribution in [3.8, 4) is 6.01 Å². The minimum absolute atomic E-state index is 0.106. The molecule has 0 amide bonds. The van der Waals surface area contributed by atoms with Gasteiger partial charge in [0.15, 0.2) is 5.88 Å². The van der Waals surface area contributed by atoms with Gasteiger partial charge in [-0.25, -0.2) is 9.18 Å². The van der Waals surface area contributed by atoms with Gasteiger partial charge in [0.2, 0.25) is 5.71 Å². The number of fused-ring (bicyclic) bond motifs is 3. The molecule has 5 rings (SSSR count). The number of aromatic nitrogens is 2. The average molecular weight is 480 g/mol. The number of hydrogen-bond donors (Lipinski definition) is 1. The van der Waals surface area contributed by atoms with Crippen molar-refractivity contribution in [3.05, 3.63) is 80.5 Å². The van der Waals surface area contributed by atoms with Crippen LogP contribution >= 0.6 is 0 Å². The van der Waals surface area contributed by atoms with E-state index in [-0.39, 0.29) is 35.6 Å². The number of nitrogens with one attached hydrogen (secondary N) is 1. The van der Waals surface area contributed by atoms with Crippen LogP contribution in [0.4, 0.5) is 4.39 Å². The van der Waals surface area contributed by atoms with Crippen LogP contribution in [0.25, 0.3) is 11.1 Å². The molecule has 35 heavy (non-hydrogen) atoms. The summed E-state index contributed by atoms with van der Waals surface area (Å²) in [6.45, 7) is 6.54. The zero-order chi connectivity index (χ0) is 24.5. The van der Waals surface area contributed by atoms with E-state index in [9.17, 15) is 14.0 Å². The molecule has 4 heterocycles. The minimum atomic E-state index is -0.669. The summed E-state index contributed by atoms with van der Waals surface area (Å²) in [6.07, 6.45) is 3.57. The van der Waals surface area contributed by atoms with Crippen LogP contribution in [0.2, 0.25) is 0 Å². The van der Waals surface area contributed by atoms with E-state index in [0.29, 0.717) is 36.5 Å². The third-order valence-corrected chi connectivity index (χ3v) is 6.38. The lowest BCUT2D eigenvalue weighted by atomic mass is 10.0. The Hall–Kier alpha value is -3.95. The standard InChI is InChI=1S/C25H25FN4O5/c1-3-33-14(2)30-19-7-8-20(30)13-18(12-19)29-35-25-27-23(32)22-16(11-21(31)34-24(22)28-25)9-15-5-4-6-17(26)10-15/h4-6,10-11,19-20H,2-3,7-9,12-13H2,1H3,(H,27,28,32). The Morgan fingerprint density at radius 2 is 2.06 bits per heavy atom. The Balaban J connectivity index is 1.38. The molecule has 1 aromatic carbocycles. The highest BCUT2D eigenvalue weighted by Gasteiger charge is 2.40. The Morgan fingerprint density at radius 1 is 1.29 bits per heavy atom. The molecule has 2 aromatic heterocycles. The van der Waals surface area contributed by atoms with Crippen LogP contribution in [0, 0.1) is 5.82 Å². The Labute approximate surface area is 199 Å². The van der Waals surface area contributed by atoms with E-state index >= 15 is 0 Å². The van der Waals surface area contributed by atoms with E-state index in [2.05, 4.69) is 26.6 Å². The smallest absolute Gasteiger partial charge is 0.337 e. The van der Waals surface area contributed by atoms with Crippen molar-refractivity contribution < 1.29 is 18.4 Å². The number of nitrogens with zero attached hydrogens (tertiary/aromatic N) is 3. The number of benzene rings is 1. The van der Waals surface area contributed by atoms with Gasteiger partial charge in [-0.3, -0.25) is 9.78 Å². The van der Waals surface area contributed by atoms with Gasteiger partial charge in [0.25, 0.3) is 5.56 Å². The summed E-state index contributed by atoms with van der Waals surface area (Å²) in [5, 5.41) is 4.34. The topological polar surface area (TPSA) is 110 Å². The first-order chi connectivity index (χ1) is 16.9. The van der Waals surface area contributed by atoms with E-state index in [1.54, 1.807) is 12.1 Å². The normalized spacial score (nSPS) is 19.1. The van der Waals surface area contributed by atoms with E-state index in [4.69, 9.17) is 14.0 Å². The summed E-state index contributed by atoms with van der Waals surface area (Å²) in [5.74, 6) is 0.280. The van der Waals surface area contributed by atoms with Gasteiger partial charge in [-0.1, -0.05) is 17.3 Å². The maximum atomic E-state index is 13.6. The molecule has 0 saturated carbocycles. The molecule has 2 unspecified atom stereocenters. The first-order valence-corrected chi connectivity index (χ1v) is 11.6. The summed E-state index contributed by atoms with van der Waals surface area (Å²) < 4.78 is 24.3. The van der Waals surface area contributed by atoms with Crippen molar-refractivity contribution in [3.63, 3.8) is 0 Å². The number of rotatable bonds is 7. The monoisotopic (exact) mass is 480 g/mol. The largest absolute Gasteiger partial charge is 0.480 e. The molecule has 0 spiro atoms. The number of oxime groups is 1. The third kappa shape index (κ3) is 4.68. The van der Waals surface area contributed by atoms with Crippen LogP contribution in [0.1, 0.15) is 43.7 Å². The van der Waals surface area contributed by atoms with Crippen LogP contribution < -0.4 is 16.0 Å². The molecule has 1 N–H and O–H groups in total. The zero-order valence-electron chi connectivity index (χ0n) is 19.3. The predicted octanol–water partition coefficient (Wildman–Crippen LogP) is 3.48. The molecule has 2 bridgehead atoms. The number of H-pyrrole nitrogens is 1. The second-order valence-electron chi connectivity index (χ2n) is 8.72. The summed E-state index contributed by atoms with van der Waals surface area (Å²) >= 11 is 0. The molecule has 9 nitrogen and oxygen atoms in total. The van der Waals surface area contributed by atoms with Crippen LogP contribution in [-0.2, 0) is 11.2 Å². The van der Waals surface area contributed by atoms with Crippen molar-refractivity contribution in [1.29, 1.82) is 0 Å². The predicted molar refractivity (Wildman–Crippen MR) is 127 cm³/mol. The molecule has 2 saturated heterocycles. The minimum Gasteiger partial charge on any atom is -0.480 e.